The highest BCUT2D eigenvalue weighted by Gasteiger charge is 2.13. The van der Waals surface area contributed by atoms with Gasteiger partial charge in [-0.25, -0.2) is 0 Å². The van der Waals surface area contributed by atoms with Crippen LogP contribution in [0.15, 0.2) is 47.7 Å². The van der Waals surface area contributed by atoms with E-state index in [1.165, 1.54) is 0 Å². The van der Waals surface area contributed by atoms with Crippen LogP contribution in [0.1, 0.15) is 11.4 Å². The zero-order chi connectivity index (χ0) is 16.5. The molecule has 3 aromatic heterocycles. The summed E-state index contributed by atoms with van der Waals surface area (Å²) in [5, 5.41) is 6.28. The number of H-pyrrole nitrogens is 3. The molecule has 0 bridgehead atoms. The monoisotopic (exact) mass is 321 g/mol. The molecule has 4 rings (SSSR count). The van der Waals surface area contributed by atoms with Gasteiger partial charge in [-0.15, -0.1) is 0 Å². The molecule has 0 aliphatic carbocycles. The Bertz CT molecular complexity index is 1060. The quantitative estimate of drug-likeness (QED) is 0.537. The van der Waals surface area contributed by atoms with Gasteiger partial charge < -0.3 is 14.8 Å². The Morgan fingerprint density at radius 2 is 2.04 bits per heavy atom. The standard InChI is InChI=1S/C17H15N5O2/c1-24-12-2-3-14-10(7-12)6-11(21-14)8-15-16(19-5-4-18-15)13-9-20-22-17(13)23/h2-7,9,21H,8H2,1H3,(H2,20,22,23). The Morgan fingerprint density at radius 3 is 2.83 bits per heavy atom. The molecule has 3 heterocycles. The third-order valence-electron chi connectivity index (χ3n) is 3.92. The topological polar surface area (TPSA) is 99.4 Å². The number of fused-ring (bicyclic) bond motifs is 1. The van der Waals surface area contributed by atoms with Crippen molar-refractivity contribution in [3.05, 3.63) is 64.6 Å². The summed E-state index contributed by atoms with van der Waals surface area (Å²) in [6.07, 6.45) is 5.36. The van der Waals surface area contributed by atoms with Crippen molar-refractivity contribution in [1.82, 2.24) is 25.1 Å². The molecule has 0 spiro atoms. The zero-order valence-corrected chi connectivity index (χ0v) is 13.0. The molecule has 0 amide bonds. The fourth-order valence-corrected chi connectivity index (χ4v) is 2.78. The lowest BCUT2D eigenvalue weighted by Crippen LogP contribution is -2.06. The van der Waals surface area contributed by atoms with Crippen molar-refractivity contribution in [3.8, 4) is 17.0 Å². The van der Waals surface area contributed by atoms with Crippen LogP contribution in [-0.4, -0.2) is 32.3 Å². The number of aromatic nitrogens is 5. The van der Waals surface area contributed by atoms with Gasteiger partial charge in [-0.2, -0.15) is 0 Å². The van der Waals surface area contributed by atoms with E-state index >= 15 is 0 Å². The van der Waals surface area contributed by atoms with Gasteiger partial charge >= 0.3 is 0 Å². The van der Waals surface area contributed by atoms with E-state index < -0.39 is 0 Å². The lowest BCUT2D eigenvalue weighted by atomic mass is 10.1. The Hall–Kier alpha value is -3.35. The highest BCUT2D eigenvalue weighted by atomic mass is 16.5. The first-order valence-corrected chi connectivity index (χ1v) is 7.46. The van der Waals surface area contributed by atoms with Gasteiger partial charge in [0.15, 0.2) is 0 Å². The molecule has 3 N–H and O–H groups in total. The second kappa shape index (κ2) is 5.69. The zero-order valence-electron chi connectivity index (χ0n) is 13.0. The summed E-state index contributed by atoms with van der Waals surface area (Å²) < 4.78 is 5.25. The third-order valence-corrected chi connectivity index (χ3v) is 3.92. The molecule has 0 radical (unpaired) electrons. The summed E-state index contributed by atoms with van der Waals surface area (Å²) in [5.74, 6) is 0.812. The van der Waals surface area contributed by atoms with Gasteiger partial charge in [0, 0.05) is 41.6 Å². The van der Waals surface area contributed by atoms with Gasteiger partial charge in [-0.05, 0) is 24.3 Å². The number of hydrogen-bond donors (Lipinski definition) is 3. The van der Waals surface area contributed by atoms with E-state index in [2.05, 4.69) is 31.2 Å². The molecule has 4 aromatic rings. The van der Waals surface area contributed by atoms with Crippen LogP contribution < -0.4 is 10.3 Å². The second-order valence-corrected chi connectivity index (χ2v) is 5.43. The number of ether oxygens (including phenoxy) is 1. The van der Waals surface area contributed by atoms with Crippen molar-refractivity contribution < 1.29 is 4.74 Å². The molecule has 1 aromatic carbocycles. The molecule has 0 saturated heterocycles. The molecule has 7 heteroatoms. The number of benzene rings is 1. The molecule has 0 aliphatic rings. The van der Waals surface area contributed by atoms with Crippen LogP contribution in [-0.2, 0) is 6.42 Å². The van der Waals surface area contributed by atoms with Gasteiger partial charge in [-0.1, -0.05) is 0 Å². The first kappa shape index (κ1) is 14.3. The molecular weight excluding hydrogens is 306 g/mol. The van der Waals surface area contributed by atoms with Crippen molar-refractivity contribution in [2.24, 2.45) is 0 Å². The van der Waals surface area contributed by atoms with Gasteiger partial charge in [0.2, 0.25) is 0 Å². The van der Waals surface area contributed by atoms with E-state index in [-0.39, 0.29) is 5.56 Å². The minimum atomic E-state index is -0.210. The third kappa shape index (κ3) is 2.45. The van der Waals surface area contributed by atoms with Crippen molar-refractivity contribution >= 4 is 10.9 Å². The maximum absolute atomic E-state index is 11.9. The van der Waals surface area contributed by atoms with Crippen LogP contribution in [0.25, 0.3) is 22.2 Å². The van der Waals surface area contributed by atoms with Crippen LogP contribution >= 0.6 is 0 Å². The minimum Gasteiger partial charge on any atom is -0.497 e. The highest BCUT2D eigenvalue weighted by Crippen LogP contribution is 2.24. The van der Waals surface area contributed by atoms with Crippen molar-refractivity contribution in [2.75, 3.05) is 7.11 Å². The maximum atomic E-state index is 11.9. The molecular formula is C17H15N5O2. The summed E-state index contributed by atoms with van der Waals surface area (Å²) in [4.78, 5) is 23.9. The molecule has 0 aliphatic heterocycles. The van der Waals surface area contributed by atoms with E-state index in [0.29, 0.717) is 17.7 Å². The molecule has 0 unspecified atom stereocenters. The first-order valence-electron chi connectivity index (χ1n) is 7.46. The number of hydrogen-bond acceptors (Lipinski definition) is 4. The Kier molecular flexibility index (Phi) is 3.38. The highest BCUT2D eigenvalue weighted by molar-refractivity contribution is 5.82. The van der Waals surface area contributed by atoms with E-state index in [1.54, 1.807) is 25.7 Å². The van der Waals surface area contributed by atoms with Gasteiger partial charge in [0.25, 0.3) is 5.56 Å². The minimum absolute atomic E-state index is 0.210. The van der Waals surface area contributed by atoms with Crippen LogP contribution in [0.2, 0.25) is 0 Å². The largest absolute Gasteiger partial charge is 0.497 e. The van der Waals surface area contributed by atoms with Crippen LogP contribution in [0.5, 0.6) is 5.75 Å². The van der Waals surface area contributed by atoms with Gasteiger partial charge in [0.05, 0.1) is 24.1 Å². The smallest absolute Gasteiger partial charge is 0.273 e. The van der Waals surface area contributed by atoms with Crippen molar-refractivity contribution in [1.29, 1.82) is 0 Å². The molecule has 24 heavy (non-hydrogen) atoms. The second-order valence-electron chi connectivity index (χ2n) is 5.43. The van der Waals surface area contributed by atoms with E-state index in [1.807, 2.05) is 18.2 Å². The Morgan fingerprint density at radius 1 is 1.17 bits per heavy atom. The van der Waals surface area contributed by atoms with E-state index in [9.17, 15) is 4.79 Å². The molecule has 0 atom stereocenters. The number of rotatable bonds is 4. The number of aromatic amines is 3. The van der Waals surface area contributed by atoms with Gasteiger partial charge in [-0.3, -0.25) is 19.9 Å². The van der Waals surface area contributed by atoms with Crippen LogP contribution in [0.3, 0.4) is 0 Å². The SMILES string of the molecule is COc1ccc2[nH]c(Cc3nccnc3-c3c[nH][nH]c3=O)cc2c1. The fraction of sp³-hybridized carbons (Fsp3) is 0.118. The average molecular weight is 321 g/mol. The lowest BCUT2D eigenvalue weighted by molar-refractivity contribution is 0.415. The number of methoxy groups -OCH3 is 1. The normalized spacial score (nSPS) is 11.0. The Labute approximate surface area is 136 Å². The maximum Gasteiger partial charge on any atom is 0.273 e. The van der Waals surface area contributed by atoms with Crippen molar-refractivity contribution in [2.45, 2.75) is 6.42 Å². The van der Waals surface area contributed by atoms with Crippen LogP contribution in [0.4, 0.5) is 0 Å². The number of nitrogens with zero attached hydrogens (tertiary/aromatic N) is 2. The summed E-state index contributed by atoms with van der Waals surface area (Å²) in [6, 6.07) is 7.92. The predicted molar refractivity (Wildman–Crippen MR) is 90.1 cm³/mol. The van der Waals surface area contributed by atoms with Crippen LogP contribution in [0, 0.1) is 0 Å². The Balaban J connectivity index is 1.74. The lowest BCUT2D eigenvalue weighted by Gasteiger charge is -2.03. The summed E-state index contributed by atoms with van der Waals surface area (Å²) in [5.41, 5.74) is 3.61. The summed E-state index contributed by atoms with van der Waals surface area (Å²) in [6.45, 7) is 0. The molecule has 0 saturated carbocycles. The number of nitrogens with one attached hydrogen (secondary N) is 3. The molecule has 0 fully saturated rings. The molecule has 120 valence electrons. The van der Waals surface area contributed by atoms with Crippen molar-refractivity contribution in [3.63, 3.8) is 0 Å². The van der Waals surface area contributed by atoms with Gasteiger partial charge in [0.1, 0.15) is 5.75 Å². The van der Waals surface area contributed by atoms with E-state index in [0.717, 1.165) is 28.0 Å². The average Bonchev–Trinajstić information content (AvgIpc) is 3.20. The first-order chi connectivity index (χ1) is 11.7. The predicted octanol–water partition coefficient (Wildman–Crippen LogP) is 2.24. The molecule has 7 nitrogen and oxygen atoms in total. The fourth-order valence-electron chi connectivity index (χ4n) is 2.78. The summed E-state index contributed by atoms with van der Waals surface area (Å²) in [7, 11) is 1.65. The van der Waals surface area contributed by atoms with E-state index in [4.69, 9.17) is 4.74 Å². The summed E-state index contributed by atoms with van der Waals surface area (Å²) >= 11 is 0.